The van der Waals surface area contributed by atoms with Crippen molar-refractivity contribution >= 4 is 24.5 Å². The maximum absolute atomic E-state index is 6.37. The lowest BCUT2D eigenvalue weighted by Gasteiger charge is -2.46. The molecule has 0 saturated carbocycles. The van der Waals surface area contributed by atoms with E-state index in [-0.39, 0.29) is 5.04 Å². The van der Waals surface area contributed by atoms with Gasteiger partial charge in [-0.2, -0.15) is 0 Å². The second-order valence-corrected chi connectivity index (χ2v) is 11.7. The molecule has 2 aromatic rings. The van der Waals surface area contributed by atoms with Crippen molar-refractivity contribution in [1.29, 1.82) is 0 Å². The zero-order valence-corrected chi connectivity index (χ0v) is 18.2. The molecule has 2 aromatic carbocycles. The summed E-state index contributed by atoms with van der Waals surface area (Å²) in [6.07, 6.45) is 2.35. The number of rotatable bonds is 7. The standard InChI is InChI=1S/C22H34O2Si/c1-9-11-18(4)22(5,6)25(23-7,24-8)21-17(3)14-15-19-13-10-12-16(2)20(19)21/h10,12-15,18H,9,11H2,1-8H3. The molecule has 138 valence electrons. The maximum Gasteiger partial charge on any atom is 0.379 e. The third-order valence-corrected chi connectivity index (χ3v) is 10.8. The van der Waals surface area contributed by atoms with Crippen LogP contribution in [0.1, 0.15) is 51.7 Å². The SMILES string of the molecule is CCCC(C)C(C)(C)[Si](OC)(OC)c1c(C)ccc2cccc(C)c12. The molecule has 1 atom stereocenters. The molecule has 0 fully saturated rings. The van der Waals surface area contributed by atoms with Gasteiger partial charge in [-0.25, -0.2) is 0 Å². The molecule has 0 aliphatic carbocycles. The van der Waals surface area contributed by atoms with Crippen molar-refractivity contribution in [3.05, 3.63) is 41.5 Å². The van der Waals surface area contributed by atoms with Crippen molar-refractivity contribution in [1.82, 2.24) is 0 Å². The summed E-state index contributed by atoms with van der Waals surface area (Å²) < 4.78 is 12.7. The van der Waals surface area contributed by atoms with Crippen LogP contribution in [0.3, 0.4) is 0 Å². The lowest BCUT2D eigenvalue weighted by molar-refractivity contribution is 0.199. The van der Waals surface area contributed by atoms with Gasteiger partial charge in [0.25, 0.3) is 0 Å². The fourth-order valence-corrected chi connectivity index (χ4v) is 8.68. The van der Waals surface area contributed by atoms with Gasteiger partial charge >= 0.3 is 8.56 Å². The Labute approximate surface area is 154 Å². The lowest BCUT2D eigenvalue weighted by Crippen LogP contribution is -2.62. The Bertz CT molecular complexity index is 732. The normalized spacial score (nSPS) is 14.1. The number of fused-ring (bicyclic) bond motifs is 1. The van der Waals surface area contributed by atoms with Crippen LogP contribution in [0.4, 0.5) is 0 Å². The Balaban J connectivity index is 2.86. The van der Waals surface area contributed by atoms with Gasteiger partial charge in [0, 0.05) is 24.4 Å². The van der Waals surface area contributed by atoms with E-state index in [1.54, 1.807) is 0 Å². The third kappa shape index (κ3) is 3.18. The van der Waals surface area contributed by atoms with Crippen molar-refractivity contribution in [2.75, 3.05) is 14.2 Å². The first-order valence-electron chi connectivity index (χ1n) is 9.36. The summed E-state index contributed by atoms with van der Waals surface area (Å²) in [6, 6.07) is 11.0. The molecule has 0 heterocycles. The number of hydrogen-bond donors (Lipinski definition) is 0. The minimum atomic E-state index is -2.69. The first-order chi connectivity index (χ1) is 11.8. The second-order valence-electron chi connectivity index (χ2n) is 7.87. The van der Waals surface area contributed by atoms with E-state index >= 15 is 0 Å². The average Bonchev–Trinajstić information content (AvgIpc) is 2.58. The molecule has 2 rings (SSSR count). The molecule has 25 heavy (non-hydrogen) atoms. The quantitative estimate of drug-likeness (QED) is 0.598. The second kappa shape index (κ2) is 7.61. The van der Waals surface area contributed by atoms with Crippen molar-refractivity contribution < 1.29 is 8.85 Å². The molecule has 0 radical (unpaired) electrons. The van der Waals surface area contributed by atoms with Crippen LogP contribution in [0.2, 0.25) is 5.04 Å². The van der Waals surface area contributed by atoms with Crippen LogP contribution in [0.5, 0.6) is 0 Å². The van der Waals surface area contributed by atoms with Crippen molar-refractivity contribution in [2.24, 2.45) is 5.92 Å². The van der Waals surface area contributed by atoms with Crippen molar-refractivity contribution in [3.63, 3.8) is 0 Å². The Hall–Kier alpha value is -1.16. The van der Waals surface area contributed by atoms with Gasteiger partial charge < -0.3 is 8.85 Å². The van der Waals surface area contributed by atoms with Crippen LogP contribution in [-0.2, 0) is 8.85 Å². The minimum Gasteiger partial charge on any atom is -0.394 e. The van der Waals surface area contributed by atoms with Gasteiger partial charge in [0.05, 0.1) is 0 Å². The van der Waals surface area contributed by atoms with E-state index in [1.807, 2.05) is 14.2 Å². The maximum atomic E-state index is 6.37. The van der Waals surface area contributed by atoms with Crippen LogP contribution in [-0.4, -0.2) is 22.8 Å². The van der Waals surface area contributed by atoms with Crippen LogP contribution in [0.15, 0.2) is 30.3 Å². The van der Waals surface area contributed by atoms with Crippen LogP contribution < -0.4 is 5.19 Å². The Morgan fingerprint density at radius 3 is 2.20 bits per heavy atom. The summed E-state index contributed by atoms with van der Waals surface area (Å²) in [4.78, 5) is 0. The van der Waals surface area contributed by atoms with E-state index in [0.717, 1.165) is 0 Å². The molecular formula is C22H34O2Si. The molecule has 0 aromatic heterocycles. The lowest BCUT2D eigenvalue weighted by atomic mass is 9.92. The van der Waals surface area contributed by atoms with Crippen LogP contribution in [0.25, 0.3) is 10.8 Å². The van der Waals surface area contributed by atoms with Crippen LogP contribution in [0, 0.1) is 19.8 Å². The number of benzene rings is 2. The van der Waals surface area contributed by atoms with Crippen molar-refractivity contribution in [2.45, 2.75) is 59.4 Å². The Morgan fingerprint density at radius 2 is 1.64 bits per heavy atom. The Morgan fingerprint density at radius 1 is 1.00 bits per heavy atom. The highest BCUT2D eigenvalue weighted by Gasteiger charge is 2.56. The molecule has 0 amide bonds. The summed E-state index contributed by atoms with van der Waals surface area (Å²) in [7, 11) is 0.992. The highest BCUT2D eigenvalue weighted by Crippen LogP contribution is 2.47. The fraction of sp³-hybridized carbons (Fsp3) is 0.545. The highest BCUT2D eigenvalue weighted by atomic mass is 28.4. The molecule has 0 saturated heterocycles. The first kappa shape index (κ1) is 20.2. The summed E-state index contributed by atoms with van der Waals surface area (Å²) in [5.74, 6) is 0.516. The monoisotopic (exact) mass is 358 g/mol. The van der Waals surface area contributed by atoms with Gasteiger partial charge in [0.15, 0.2) is 0 Å². The van der Waals surface area contributed by atoms with E-state index in [4.69, 9.17) is 8.85 Å². The smallest absolute Gasteiger partial charge is 0.379 e. The van der Waals surface area contributed by atoms with Gasteiger partial charge in [0.1, 0.15) is 0 Å². The molecule has 1 unspecified atom stereocenters. The predicted octanol–water partition coefficient (Wildman–Crippen LogP) is 5.62. The Kier molecular flexibility index (Phi) is 6.13. The van der Waals surface area contributed by atoms with Gasteiger partial charge in [-0.3, -0.25) is 0 Å². The van der Waals surface area contributed by atoms with Gasteiger partial charge in [-0.1, -0.05) is 70.9 Å². The molecule has 0 N–H and O–H groups in total. The summed E-state index contributed by atoms with van der Waals surface area (Å²) >= 11 is 0. The topological polar surface area (TPSA) is 18.5 Å². The van der Waals surface area contributed by atoms with E-state index in [0.29, 0.717) is 5.92 Å². The van der Waals surface area contributed by atoms with E-state index in [9.17, 15) is 0 Å². The minimum absolute atomic E-state index is 0.0478. The molecule has 0 bridgehead atoms. The summed E-state index contributed by atoms with van der Waals surface area (Å²) in [5, 5.41) is 3.84. The third-order valence-electron chi connectivity index (χ3n) is 6.17. The fourth-order valence-electron chi connectivity index (χ4n) is 4.34. The number of hydrogen-bond acceptors (Lipinski definition) is 2. The predicted molar refractivity (Wildman–Crippen MR) is 111 cm³/mol. The van der Waals surface area contributed by atoms with Crippen molar-refractivity contribution in [3.8, 4) is 0 Å². The van der Waals surface area contributed by atoms with Gasteiger partial charge in [-0.15, -0.1) is 0 Å². The molecule has 0 aliphatic heterocycles. The van der Waals surface area contributed by atoms with E-state index in [1.165, 1.54) is 39.9 Å². The van der Waals surface area contributed by atoms with E-state index < -0.39 is 8.56 Å². The largest absolute Gasteiger partial charge is 0.394 e. The molecule has 0 spiro atoms. The average molecular weight is 359 g/mol. The van der Waals surface area contributed by atoms with E-state index in [2.05, 4.69) is 71.9 Å². The summed E-state index contributed by atoms with van der Waals surface area (Å²) in [6.45, 7) is 13.7. The number of aryl methyl sites for hydroxylation is 2. The molecule has 3 heteroatoms. The van der Waals surface area contributed by atoms with Crippen LogP contribution >= 0.6 is 0 Å². The zero-order chi connectivity index (χ0) is 18.8. The molecule has 0 aliphatic rings. The van der Waals surface area contributed by atoms with Gasteiger partial charge in [-0.05, 0) is 41.7 Å². The first-order valence-corrected chi connectivity index (χ1v) is 11.2. The van der Waals surface area contributed by atoms with Gasteiger partial charge in [0.2, 0.25) is 0 Å². The highest BCUT2D eigenvalue weighted by molar-refractivity contribution is 6.86. The summed E-state index contributed by atoms with van der Waals surface area (Å²) in [5.41, 5.74) is 2.56. The zero-order valence-electron chi connectivity index (χ0n) is 17.2. The molecular weight excluding hydrogens is 324 g/mol. The molecule has 2 nitrogen and oxygen atoms in total.